The third-order valence-electron chi connectivity index (χ3n) is 2.96. The topological polar surface area (TPSA) is 99.6 Å². The van der Waals surface area contributed by atoms with Crippen LogP contribution in [-0.4, -0.2) is 33.0 Å². The van der Waals surface area contributed by atoms with Crippen LogP contribution in [0, 0.1) is 0 Å². The van der Waals surface area contributed by atoms with Gasteiger partial charge in [0.25, 0.3) is 0 Å². The van der Waals surface area contributed by atoms with Crippen molar-refractivity contribution in [1.29, 1.82) is 0 Å². The lowest BCUT2D eigenvalue weighted by Crippen LogP contribution is -2.20. The number of aromatic nitrogens is 1. The molecule has 5 N–H and O–H groups in total. The van der Waals surface area contributed by atoms with E-state index in [1.54, 1.807) is 0 Å². The van der Waals surface area contributed by atoms with Crippen molar-refractivity contribution in [2.45, 2.75) is 18.6 Å². The van der Waals surface area contributed by atoms with E-state index in [0.717, 1.165) is 10.8 Å². The number of hydrogen-bond acceptors (Lipinski definition) is 5. The molecular formula is C13H16N2O3. The summed E-state index contributed by atoms with van der Waals surface area (Å²) in [5.41, 5.74) is 6.28. The van der Waals surface area contributed by atoms with Gasteiger partial charge in [-0.25, -0.2) is 4.98 Å². The molecule has 2 rings (SSSR count). The van der Waals surface area contributed by atoms with Gasteiger partial charge in [-0.3, -0.25) is 0 Å². The Balaban J connectivity index is 2.48. The van der Waals surface area contributed by atoms with Crippen molar-refractivity contribution in [1.82, 2.24) is 4.98 Å². The molecule has 0 amide bonds. The number of nitrogen functional groups attached to an aromatic ring is 1. The van der Waals surface area contributed by atoms with Crippen molar-refractivity contribution >= 4 is 16.6 Å². The van der Waals surface area contributed by atoms with Crippen LogP contribution in [0.25, 0.3) is 10.8 Å². The van der Waals surface area contributed by atoms with Crippen LogP contribution in [0.4, 0.5) is 5.82 Å². The molecule has 0 aliphatic rings. The number of nitrogens with two attached hydrogens (primary N) is 1. The third kappa shape index (κ3) is 2.28. The third-order valence-corrected chi connectivity index (χ3v) is 2.96. The summed E-state index contributed by atoms with van der Waals surface area (Å²) >= 11 is 0. The molecule has 1 heterocycles. The summed E-state index contributed by atoms with van der Waals surface area (Å²) in [5.74, 6) is 0.387. The summed E-state index contributed by atoms with van der Waals surface area (Å²) in [5, 5.41) is 30.1. The lowest BCUT2D eigenvalue weighted by Gasteiger charge is -2.19. The largest absolute Gasteiger partial charge is 0.396 e. The molecule has 5 nitrogen and oxygen atoms in total. The summed E-state index contributed by atoms with van der Waals surface area (Å²) in [7, 11) is 0. The van der Waals surface area contributed by atoms with Crippen molar-refractivity contribution in [3.05, 3.63) is 36.0 Å². The van der Waals surface area contributed by atoms with E-state index < -0.39 is 12.2 Å². The normalized spacial score (nSPS) is 14.6. The first kappa shape index (κ1) is 12.8. The second-order valence-electron chi connectivity index (χ2n) is 4.17. The molecule has 0 fully saturated rings. The van der Waals surface area contributed by atoms with E-state index in [-0.39, 0.29) is 13.0 Å². The Bertz CT molecular complexity index is 545. The van der Waals surface area contributed by atoms with Crippen molar-refractivity contribution < 1.29 is 15.3 Å². The van der Waals surface area contributed by atoms with Crippen LogP contribution in [0.5, 0.6) is 0 Å². The van der Waals surface area contributed by atoms with Crippen LogP contribution in [-0.2, 0) is 0 Å². The minimum atomic E-state index is -1.09. The smallest absolute Gasteiger partial charge is 0.131 e. The van der Waals surface area contributed by atoms with Crippen LogP contribution in [0.3, 0.4) is 0 Å². The molecule has 96 valence electrons. The molecule has 0 saturated carbocycles. The predicted molar refractivity (Wildman–Crippen MR) is 68.8 cm³/mol. The van der Waals surface area contributed by atoms with Crippen LogP contribution < -0.4 is 5.73 Å². The summed E-state index contributed by atoms with van der Waals surface area (Å²) < 4.78 is 0. The van der Waals surface area contributed by atoms with Gasteiger partial charge in [-0.15, -0.1) is 0 Å². The van der Waals surface area contributed by atoms with Crippen LogP contribution in [0.15, 0.2) is 30.5 Å². The number of nitrogens with zero attached hydrogens (tertiary/aromatic N) is 1. The van der Waals surface area contributed by atoms with E-state index >= 15 is 0 Å². The number of benzene rings is 1. The highest BCUT2D eigenvalue weighted by atomic mass is 16.3. The summed E-state index contributed by atoms with van der Waals surface area (Å²) in [6.45, 7) is -0.182. The van der Waals surface area contributed by atoms with Gasteiger partial charge in [-0.1, -0.05) is 24.3 Å². The highest BCUT2D eigenvalue weighted by Crippen LogP contribution is 2.28. The Morgan fingerprint density at radius 3 is 2.50 bits per heavy atom. The zero-order chi connectivity index (χ0) is 13.1. The Morgan fingerprint density at radius 1 is 1.17 bits per heavy atom. The number of pyridine rings is 1. The Labute approximate surface area is 105 Å². The zero-order valence-electron chi connectivity index (χ0n) is 9.82. The maximum atomic E-state index is 10.1. The summed E-state index contributed by atoms with van der Waals surface area (Å²) in [6, 6.07) is 7.29. The Morgan fingerprint density at radius 2 is 1.83 bits per heavy atom. The fourth-order valence-electron chi connectivity index (χ4n) is 1.97. The van der Waals surface area contributed by atoms with Crippen LogP contribution >= 0.6 is 0 Å². The fourth-order valence-corrected chi connectivity index (χ4v) is 1.97. The molecule has 0 radical (unpaired) electrons. The molecule has 18 heavy (non-hydrogen) atoms. The predicted octanol–water partition coefficient (Wildman–Crippen LogP) is 0.594. The van der Waals surface area contributed by atoms with E-state index in [2.05, 4.69) is 4.98 Å². The van der Waals surface area contributed by atoms with Gasteiger partial charge in [0.1, 0.15) is 11.9 Å². The molecular weight excluding hydrogens is 232 g/mol. The summed E-state index contributed by atoms with van der Waals surface area (Å²) in [4.78, 5) is 4.02. The van der Waals surface area contributed by atoms with Gasteiger partial charge in [-0.2, -0.15) is 0 Å². The minimum absolute atomic E-state index is 0.111. The quantitative estimate of drug-likeness (QED) is 0.634. The SMILES string of the molecule is Nc1ncc(C(O)C(O)CCO)c2ccccc12. The first-order chi connectivity index (χ1) is 8.65. The fraction of sp³-hybridized carbons (Fsp3) is 0.308. The van der Waals surface area contributed by atoms with Crippen molar-refractivity contribution in [2.75, 3.05) is 12.3 Å². The van der Waals surface area contributed by atoms with Gasteiger partial charge < -0.3 is 21.1 Å². The highest BCUT2D eigenvalue weighted by Gasteiger charge is 2.20. The molecule has 2 aromatic rings. The molecule has 1 aromatic carbocycles. The van der Waals surface area contributed by atoms with Gasteiger partial charge >= 0.3 is 0 Å². The highest BCUT2D eigenvalue weighted by molar-refractivity contribution is 5.93. The summed E-state index contributed by atoms with van der Waals surface area (Å²) in [6.07, 6.45) is -0.540. The number of aliphatic hydroxyl groups excluding tert-OH is 3. The number of anilines is 1. The zero-order valence-corrected chi connectivity index (χ0v) is 9.82. The average Bonchev–Trinajstić information content (AvgIpc) is 2.39. The molecule has 2 unspecified atom stereocenters. The molecule has 0 aliphatic carbocycles. The average molecular weight is 248 g/mol. The van der Waals surface area contributed by atoms with Crippen LogP contribution in [0.1, 0.15) is 18.1 Å². The Kier molecular flexibility index (Phi) is 3.76. The lowest BCUT2D eigenvalue weighted by atomic mass is 9.98. The van der Waals surface area contributed by atoms with Crippen molar-refractivity contribution in [2.24, 2.45) is 0 Å². The maximum absolute atomic E-state index is 10.1. The second-order valence-corrected chi connectivity index (χ2v) is 4.17. The van der Waals surface area contributed by atoms with E-state index in [0.29, 0.717) is 11.4 Å². The maximum Gasteiger partial charge on any atom is 0.131 e. The van der Waals surface area contributed by atoms with Gasteiger partial charge in [-0.05, 0) is 11.8 Å². The number of rotatable bonds is 4. The molecule has 5 heteroatoms. The first-order valence-corrected chi connectivity index (χ1v) is 5.75. The molecule has 0 aliphatic heterocycles. The van der Waals surface area contributed by atoms with E-state index in [1.165, 1.54) is 6.20 Å². The minimum Gasteiger partial charge on any atom is -0.396 e. The first-order valence-electron chi connectivity index (χ1n) is 5.75. The van der Waals surface area contributed by atoms with Gasteiger partial charge in [0, 0.05) is 23.8 Å². The molecule has 0 saturated heterocycles. The molecule has 1 aromatic heterocycles. The molecule has 2 atom stereocenters. The monoisotopic (exact) mass is 248 g/mol. The van der Waals surface area contributed by atoms with Crippen LogP contribution in [0.2, 0.25) is 0 Å². The van der Waals surface area contributed by atoms with Gasteiger partial charge in [0.05, 0.1) is 6.10 Å². The van der Waals surface area contributed by atoms with E-state index in [1.807, 2.05) is 24.3 Å². The molecule has 0 spiro atoms. The number of hydrogen-bond donors (Lipinski definition) is 4. The van der Waals surface area contributed by atoms with E-state index in [9.17, 15) is 10.2 Å². The standard InChI is InChI=1S/C13H16N2O3/c14-13-9-4-2-1-3-8(9)10(7-15-13)12(18)11(17)5-6-16/h1-4,7,11-12,16-18H,5-6H2,(H2,14,15). The lowest BCUT2D eigenvalue weighted by molar-refractivity contribution is 0.00485. The number of fused-ring (bicyclic) bond motifs is 1. The van der Waals surface area contributed by atoms with E-state index in [4.69, 9.17) is 10.8 Å². The van der Waals surface area contributed by atoms with Crippen molar-refractivity contribution in [3.8, 4) is 0 Å². The number of aliphatic hydroxyl groups is 3. The van der Waals surface area contributed by atoms with Crippen molar-refractivity contribution in [3.63, 3.8) is 0 Å². The second kappa shape index (κ2) is 5.30. The Hall–Kier alpha value is -1.69. The van der Waals surface area contributed by atoms with Gasteiger partial charge in [0.2, 0.25) is 0 Å². The molecule has 0 bridgehead atoms. The van der Waals surface area contributed by atoms with Gasteiger partial charge in [0.15, 0.2) is 0 Å².